The van der Waals surface area contributed by atoms with Gasteiger partial charge >= 0.3 is 0 Å². The van der Waals surface area contributed by atoms with Crippen LogP contribution in [-0.4, -0.2) is 35.8 Å². The van der Waals surface area contributed by atoms with E-state index < -0.39 is 5.60 Å². The van der Waals surface area contributed by atoms with E-state index in [1.54, 1.807) is 0 Å². The number of hydrogen-bond acceptors (Lipinski definition) is 2. The number of aliphatic hydroxyl groups is 1. The molecule has 0 aromatic heterocycles. The third-order valence-corrected chi connectivity index (χ3v) is 5.02. The van der Waals surface area contributed by atoms with Crippen LogP contribution in [0.1, 0.15) is 71.6 Å². The van der Waals surface area contributed by atoms with Crippen LogP contribution in [0.3, 0.4) is 0 Å². The van der Waals surface area contributed by atoms with Gasteiger partial charge in [-0.1, -0.05) is 26.2 Å². The zero-order valence-electron chi connectivity index (χ0n) is 13.8. The molecule has 2 aliphatic carbocycles. The van der Waals surface area contributed by atoms with E-state index in [9.17, 15) is 5.11 Å². The fourth-order valence-electron chi connectivity index (χ4n) is 3.51. The van der Waals surface area contributed by atoms with Gasteiger partial charge < -0.3 is 15.7 Å². The normalized spacial score (nSPS) is 30.0. The highest BCUT2D eigenvalue weighted by Crippen LogP contribution is 2.28. The Morgan fingerprint density at radius 2 is 1.81 bits per heavy atom. The van der Waals surface area contributed by atoms with Crippen LogP contribution in [0.2, 0.25) is 0 Å². The summed E-state index contributed by atoms with van der Waals surface area (Å²) in [6.45, 7) is 5.84. The van der Waals surface area contributed by atoms with E-state index in [2.05, 4.69) is 29.5 Å². The first-order chi connectivity index (χ1) is 10.1. The van der Waals surface area contributed by atoms with Gasteiger partial charge in [-0.15, -0.1) is 0 Å². The molecule has 2 fully saturated rings. The van der Waals surface area contributed by atoms with E-state index in [1.807, 2.05) is 0 Å². The first-order valence-corrected chi connectivity index (χ1v) is 8.88. The Bertz CT molecular complexity index is 329. The van der Waals surface area contributed by atoms with Crippen LogP contribution in [0.4, 0.5) is 0 Å². The standard InChI is InChI=1S/C17H33N3O/c1-3-18-16(20-15-9-7-14(2)8-10-15)19-13-17(21)11-5-4-6-12-17/h14-15,21H,3-13H2,1-2H3,(H2,18,19,20). The zero-order valence-corrected chi connectivity index (χ0v) is 13.8. The minimum absolute atomic E-state index is 0.533. The van der Waals surface area contributed by atoms with Gasteiger partial charge in [-0.2, -0.15) is 0 Å². The van der Waals surface area contributed by atoms with Crippen LogP contribution < -0.4 is 10.6 Å². The molecule has 0 radical (unpaired) electrons. The van der Waals surface area contributed by atoms with Gasteiger partial charge in [-0.3, -0.25) is 4.99 Å². The lowest BCUT2D eigenvalue weighted by atomic mass is 9.85. The summed E-state index contributed by atoms with van der Waals surface area (Å²) in [7, 11) is 0. The van der Waals surface area contributed by atoms with Crippen molar-refractivity contribution in [1.29, 1.82) is 0 Å². The molecule has 4 nitrogen and oxygen atoms in total. The highest BCUT2D eigenvalue weighted by molar-refractivity contribution is 5.80. The molecule has 2 saturated carbocycles. The third kappa shape index (κ3) is 5.50. The molecule has 122 valence electrons. The Morgan fingerprint density at radius 1 is 1.14 bits per heavy atom. The molecular formula is C17H33N3O. The molecule has 3 N–H and O–H groups in total. The van der Waals surface area contributed by atoms with Crippen LogP contribution in [0.25, 0.3) is 0 Å². The first kappa shape index (κ1) is 16.6. The number of nitrogens with zero attached hydrogens (tertiary/aromatic N) is 1. The second-order valence-corrected chi connectivity index (χ2v) is 7.08. The summed E-state index contributed by atoms with van der Waals surface area (Å²) in [6.07, 6.45) is 10.4. The monoisotopic (exact) mass is 295 g/mol. The van der Waals surface area contributed by atoms with Gasteiger partial charge in [-0.25, -0.2) is 0 Å². The van der Waals surface area contributed by atoms with E-state index in [-0.39, 0.29) is 0 Å². The van der Waals surface area contributed by atoms with Crippen molar-refractivity contribution in [1.82, 2.24) is 10.6 Å². The van der Waals surface area contributed by atoms with Crippen molar-refractivity contribution in [3.63, 3.8) is 0 Å². The largest absolute Gasteiger partial charge is 0.388 e. The summed E-state index contributed by atoms with van der Waals surface area (Å²) < 4.78 is 0. The summed E-state index contributed by atoms with van der Waals surface area (Å²) in [5, 5.41) is 17.5. The van der Waals surface area contributed by atoms with Gasteiger partial charge in [0.25, 0.3) is 0 Å². The number of rotatable bonds is 4. The van der Waals surface area contributed by atoms with Gasteiger partial charge in [-0.05, 0) is 51.4 Å². The van der Waals surface area contributed by atoms with Crippen molar-refractivity contribution in [2.45, 2.75) is 83.3 Å². The molecular weight excluding hydrogens is 262 g/mol. The fraction of sp³-hybridized carbons (Fsp3) is 0.941. The van der Waals surface area contributed by atoms with E-state index in [0.29, 0.717) is 12.6 Å². The minimum atomic E-state index is -0.568. The first-order valence-electron chi connectivity index (χ1n) is 8.88. The molecule has 0 aromatic rings. The van der Waals surface area contributed by atoms with Gasteiger partial charge in [0.2, 0.25) is 0 Å². The van der Waals surface area contributed by atoms with Gasteiger partial charge in [0.15, 0.2) is 5.96 Å². The Kier molecular flexibility index (Phi) is 6.34. The smallest absolute Gasteiger partial charge is 0.191 e. The Balaban J connectivity index is 1.86. The predicted octanol–water partition coefficient (Wildman–Crippen LogP) is 2.82. The number of hydrogen-bond donors (Lipinski definition) is 3. The molecule has 0 amide bonds. The number of aliphatic imine (C=N–C) groups is 1. The van der Waals surface area contributed by atoms with Crippen molar-refractivity contribution < 1.29 is 5.11 Å². The Hall–Kier alpha value is -0.770. The predicted molar refractivity (Wildman–Crippen MR) is 88.6 cm³/mol. The lowest BCUT2D eigenvalue weighted by Crippen LogP contribution is -2.46. The minimum Gasteiger partial charge on any atom is -0.388 e. The van der Waals surface area contributed by atoms with Crippen molar-refractivity contribution in [3.8, 4) is 0 Å². The molecule has 0 saturated heterocycles. The van der Waals surface area contributed by atoms with Gasteiger partial charge in [0.05, 0.1) is 12.1 Å². The molecule has 2 aliphatic rings. The fourth-order valence-corrected chi connectivity index (χ4v) is 3.51. The molecule has 0 unspecified atom stereocenters. The van der Waals surface area contributed by atoms with Crippen LogP contribution in [0.5, 0.6) is 0 Å². The second kappa shape index (κ2) is 8.02. The van der Waals surface area contributed by atoms with E-state index in [4.69, 9.17) is 0 Å². The summed E-state index contributed by atoms with van der Waals surface area (Å²) in [6, 6.07) is 0.542. The molecule has 0 spiro atoms. The van der Waals surface area contributed by atoms with Crippen molar-refractivity contribution >= 4 is 5.96 Å². The summed E-state index contributed by atoms with van der Waals surface area (Å²) in [5.41, 5.74) is -0.568. The van der Waals surface area contributed by atoms with Gasteiger partial charge in [0, 0.05) is 12.6 Å². The van der Waals surface area contributed by atoms with Crippen LogP contribution >= 0.6 is 0 Å². The van der Waals surface area contributed by atoms with E-state index >= 15 is 0 Å². The molecule has 2 rings (SSSR count). The molecule has 0 atom stereocenters. The zero-order chi connectivity index (χ0) is 15.1. The second-order valence-electron chi connectivity index (χ2n) is 7.08. The lowest BCUT2D eigenvalue weighted by Gasteiger charge is -2.31. The van der Waals surface area contributed by atoms with Crippen molar-refractivity contribution in [2.75, 3.05) is 13.1 Å². The third-order valence-electron chi connectivity index (χ3n) is 5.02. The van der Waals surface area contributed by atoms with Crippen molar-refractivity contribution in [2.24, 2.45) is 10.9 Å². The topological polar surface area (TPSA) is 56.7 Å². The number of guanidine groups is 1. The molecule has 4 heteroatoms. The average molecular weight is 295 g/mol. The Labute approximate surface area is 129 Å². The Morgan fingerprint density at radius 3 is 2.43 bits per heavy atom. The number of nitrogens with one attached hydrogen (secondary N) is 2. The lowest BCUT2D eigenvalue weighted by molar-refractivity contribution is 0.0131. The highest BCUT2D eigenvalue weighted by Gasteiger charge is 2.29. The molecule has 0 heterocycles. The molecule has 21 heavy (non-hydrogen) atoms. The molecule has 0 bridgehead atoms. The average Bonchev–Trinajstić information content (AvgIpc) is 2.48. The van der Waals surface area contributed by atoms with Gasteiger partial charge in [0.1, 0.15) is 0 Å². The molecule has 0 aliphatic heterocycles. The maximum Gasteiger partial charge on any atom is 0.191 e. The van der Waals surface area contributed by atoms with Crippen LogP contribution in [-0.2, 0) is 0 Å². The molecule has 0 aromatic carbocycles. The summed E-state index contributed by atoms with van der Waals surface area (Å²) in [4.78, 5) is 4.67. The van der Waals surface area contributed by atoms with Crippen molar-refractivity contribution in [3.05, 3.63) is 0 Å². The van der Waals surface area contributed by atoms with E-state index in [1.165, 1.54) is 32.1 Å². The van der Waals surface area contributed by atoms with E-state index in [0.717, 1.165) is 44.1 Å². The quantitative estimate of drug-likeness (QED) is 0.552. The maximum atomic E-state index is 10.6. The highest BCUT2D eigenvalue weighted by atomic mass is 16.3. The van der Waals surface area contributed by atoms with Crippen LogP contribution in [0, 0.1) is 5.92 Å². The summed E-state index contributed by atoms with van der Waals surface area (Å²) >= 11 is 0. The maximum absolute atomic E-state index is 10.6. The SMILES string of the molecule is CCNC(=NCC1(O)CCCCC1)NC1CCC(C)CC1. The van der Waals surface area contributed by atoms with Crippen LogP contribution in [0.15, 0.2) is 4.99 Å². The summed E-state index contributed by atoms with van der Waals surface area (Å²) in [5.74, 6) is 1.75.